The van der Waals surface area contributed by atoms with Gasteiger partial charge in [0.05, 0.1) is 12.6 Å². The van der Waals surface area contributed by atoms with Crippen LogP contribution in [0.25, 0.3) is 0 Å². The van der Waals surface area contributed by atoms with Gasteiger partial charge in [0, 0.05) is 19.3 Å². The third-order valence-corrected chi connectivity index (χ3v) is 15.4. The van der Waals surface area contributed by atoms with Crippen molar-refractivity contribution < 1.29 is 14.7 Å². The summed E-state index contributed by atoms with van der Waals surface area (Å²) >= 11 is 0. The van der Waals surface area contributed by atoms with Crippen LogP contribution in [0.4, 0.5) is 0 Å². The minimum absolute atomic E-state index is 0.0586. The van der Waals surface area contributed by atoms with Crippen LogP contribution in [0, 0.1) is 0 Å². The van der Waals surface area contributed by atoms with Crippen molar-refractivity contribution in [2.24, 2.45) is 0 Å². The highest BCUT2D eigenvalue weighted by Gasteiger charge is 2.11. The molecule has 0 saturated carbocycles. The number of rotatable bonds is 61. The van der Waals surface area contributed by atoms with Crippen LogP contribution in [-0.2, 0) is 9.59 Å². The SMILES string of the molecule is CCCCCCCCCCCCCCCC[C@@H](CO)NC(=O)CCCCCCCCCCCCCCCCCCCCCCCCCCCCCC(=O)CCCCCCCCCCCCCCC. The number of hydrogen-bond donors (Lipinski definition) is 2. The predicted octanol–water partition coefficient (Wildman–Crippen LogP) is 21.7. The first-order valence-electron chi connectivity index (χ1n) is 32.1. The van der Waals surface area contributed by atoms with Crippen molar-refractivity contribution in [3.8, 4) is 0 Å². The largest absolute Gasteiger partial charge is 0.394 e. The third-order valence-electron chi connectivity index (χ3n) is 15.4. The molecule has 2 N–H and O–H groups in total. The smallest absolute Gasteiger partial charge is 0.220 e. The maximum atomic E-state index is 12.4. The summed E-state index contributed by atoms with van der Waals surface area (Å²) < 4.78 is 0. The maximum Gasteiger partial charge on any atom is 0.220 e. The van der Waals surface area contributed by atoms with E-state index >= 15 is 0 Å². The summed E-state index contributed by atoms with van der Waals surface area (Å²) in [6, 6.07) is -0.0586. The standard InChI is InChI=1S/C64H127NO3/c1-3-5-7-9-11-13-15-17-34-37-41-45-49-53-57-62(61-66)65-64(68)60-56-52-48-44-40-36-32-30-28-26-24-22-20-18-19-21-23-25-27-29-31-35-39-43-47-51-55-59-63(67)58-54-50-46-42-38-33-16-14-12-10-8-6-4-2/h62,66H,3-61H2,1-2H3,(H,65,68)/t62-/m0/s1. The van der Waals surface area contributed by atoms with Gasteiger partial charge in [0.1, 0.15) is 5.78 Å². The number of aliphatic hydroxyl groups excluding tert-OH is 1. The Hall–Kier alpha value is -0.900. The molecule has 0 radical (unpaired) electrons. The molecule has 4 heteroatoms. The van der Waals surface area contributed by atoms with Crippen LogP contribution in [0.3, 0.4) is 0 Å². The van der Waals surface area contributed by atoms with Gasteiger partial charge in [-0.1, -0.05) is 341 Å². The zero-order valence-electron chi connectivity index (χ0n) is 47.1. The summed E-state index contributed by atoms with van der Waals surface area (Å²) in [5.74, 6) is 0.658. The first kappa shape index (κ1) is 67.1. The number of carbonyl (C=O) groups excluding carboxylic acids is 2. The molecule has 0 aromatic carbocycles. The summed E-state index contributed by atoms with van der Waals surface area (Å²) in [5, 5.41) is 12.9. The lowest BCUT2D eigenvalue weighted by atomic mass is 10.0. The van der Waals surface area contributed by atoms with E-state index in [4.69, 9.17) is 0 Å². The monoisotopic (exact) mass is 958 g/mol. The molecule has 0 unspecified atom stereocenters. The van der Waals surface area contributed by atoms with E-state index in [1.54, 1.807) is 0 Å². The van der Waals surface area contributed by atoms with Crippen molar-refractivity contribution >= 4 is 11.7 Å². The lowest BCUT2D eigenvalue weighted by Gasteiger charge is -2.16. The second kappa shape index (κ2) is 60.4. The molecule has 0 fully saturated rings. The van der Waals surface area contributed by atoms with E-state index in [-0.39, 0.29) is 18.6 Å². The predicted molar refractivity (Wildman–Crippen MR) is 303 cm³/mol. The van der Waals surface area contributed by atoms with E-state index < -0.39 is 0 Å². The molecule has 0 aromatic rings. The van der Waals surface area contributed by atoms with E-state index in [0.29, 0.717) is 12.2 Å². The Labute approximate surface area is 428 Å². The van der Waals surface area contributed by atoms with Gasteiger partial charge in [-0.25, -0.2) is 0 Å². The second-order valence-electron chi connectivity index (χ2n) is 22.4. The van der Waals surface area contributed by atoms with Crippen molar-refractivity contribution in [3.05, 3.63) is 0 Å². The number of hydrogen-bond acceptors (Lipinski definition) is 3. The van der Waals surface area contributed by atoms with E-state index in [0.717, 1.165) is 51.4 Å². The molecule has 0 spiro atoms. The average Bonchev–Trinajstić information content (AvgIpc) is 3.34. The molecule has 4 nitrogen and oxygen atoms in total. The molecule has 0 aromatic heterocycles. The van der Waals surface area contributed by atoms with Crippen molar-refractivity contribution in [1.29, 1.82) is 0 Å². The highest BCUT2D eigenvalue weighted by Crippen LogP contribution is 2.19. The molecule has 1 atom stereocenters. The Bertz CT molecular complexity index is 952. The van der Waals surface area contributed by atoms with Crippen LogP contribution in [0.5, 0.6) is 0 Å². The number of amides is 1. The van der Waals surface area contributed by atoms with Gasteiger partial charge < -0.3 is 10.4 Å². The highest BCUT2D eigenvalue weighted by atomic mass is 16.3. The molecule has 68 heavy (non-hydrogen) atoms. The van der Waals surface area contributed by atoms with Gasteiger partial charge in [0.2, 0.25) is 5.91 Å². The summed E-state index contributed by atoms with van der Waals surface area (Å²) in [6.07, 6.45) is 76.8. The maximum absolute atomic E-state index is 12.4. The lowest BCUT2D eigenvalue weighted by Crippen LogP contribution is -2.37. The van der Waals surface area contributed by atoms with E-state index in [9.17, 15) is 14.7 Å². The van der Waals surface area contributed by atoms with Gasteiger partial charge in [0.25, 0.3) is 0 Å². The van der Waals surface area contributed by atoms with Gasteiger partial charge in [-0.3, -0.25) is 9.59 Å². The Morgan fingerprint density at radius 1 is 0.279 bits per heavy atom. The Balaban J connectivity index is 3.27. The zero-order chi connectivity index (χ0) is 49.2. The van der Waals surface area contributed by atoms with Crippen LogP contribution in [0.2, 0.25) is 0 Å². The van der Waals surface area contributed by atoms with Crippen LogP contribution in [0.15, 0.2) is 0 Å². The van der Waals surface area contributed by atoms with Crippen LogP contribution < -0.4 is 5.32 Å². The summed E-state index contributed by atoms with van der Waals surface area (Å²) in [5.41, 5.74) is 0. The molecule has 0 heterocycles. The first-order valence-corrected chi connectivity index (χ1v) is 32.1. The van der Waals surface area contributed by atoms with E-state index in [2.05, 4.69) is 19.2 Å². The lowest BCUT2D eigenvalue weighted by molar-refractivity contribution is -0.122. The summed E-state index contributed by atoms with van der Waals surface area (Å²) in [6.45, 7) is 4.65. The van der Waals surface area contributed by atoms with Crippen molar-refractivity contribution in [2.75, 3.05) is 6.61 Å². The fourth-order valence-corrected chi connectivity index (χ4v) is 10.6. The minimum Gasteiger partial charge on any atom is -0.394 e. The van der Waals surface area contributed by atoms with Crippen molar-refractivity contribution in [3.63, 3.8) is 0 Å². The highest BCUT2D eigenvalue weighted by molar-refractivity contribution is 5.78. The molecule has 0 aliphatic carbocycles. The normalized spacial score (nSPS) is 12.0. The van der Waals surface area contributed by atoms with Gasteiger partial charge >= 0.3 is 0 Å². The topological polar surface area (TPSA) is 66.4 Å². The van der Waals surface area contributed by atoms with Crippen LogP contribution >= 0.6 is 0 Å². The van der Waals surface area contributed by atoms with Crippen LogP contribution in [-0.4, -0.2) is 29.4 Å². The minimum atomic E-state index is -0.0586. The zero-order valence-corrected chi connectivity index (χ0v) is 47.1. The number of Topliss-reactive ketones (excluding diaryl/α,β-unsaturated/α-hetero) is 1. The number of nitrogens with one attached hydrogen (secondary N) is 1. The van der Waals surface area contributed by atoms with Crippen molar-refractivity contribution in [2.45, 2.75) is 392 Å². The molecule has 406 valence electrons. The molecule has 1 amide bonds. The Morgan fingerprint density at radius 3 is 0.691 bits per heavy atom. The first-order chi connectivity index (χ1) is 33.6. The van der Waals surface area contributed by atoms with Gasteiger partial charge in [-0.15, -0.1) is 0 Å². The molecule has 0 aliphatic heterocycles. The summed E-state index contributed by atoms with van der Waals surface area (Å²) in [7, 11) is 0. The molecule has 0 rings (SSSR count). The molecular formula is C64H127NO3. The van der Waals surface area contributed by atoms with E-state index in [1.165, 1.54) is 315 Å². The number of aliphatic hydroxyl groups is 1. The summed E-state index contributed by atoms with van der Waals surface area (Å²) in [4.78, 5) is 24.7. The van der Waals surface area contributed by atoms with Gasteiger partial charge in [0.15, 0.2) is 0 Å². The Kier molecular flexibility index (Phi) is 59.6. The molecule has 0 aliphatic rings. The number of ketones is 1. The van der Waals surface area contributed by atoms with E-state index in [1.807, 2.05) is 0 Å². The fraction of sp³-hybridized carbons (Fsp3) is 0.969. The van der Waals surface area contributed by atoms with Gasteiger partial charge in [-0.2, -0.15) is 0 Å². The number of unbranched alkanes of at least 4 members (excludes halogenated alkanes) is 51. The molecule has 0 bridgehead atoms. The average molecular weight is 959 g/mol. The van der Waals surface area contributed by atoms with Crippen molar-refractivity contribution in [1.82, 2.24) is 5.32 Å². The Morgan fingerprint density at radius 2 is 0.471 bits per heavy atom. The third kappa shape index (κ3) is 57.7. The van der Waals surface area contributed by atoms with Crippen LogP contribution in [0.1, 0.15) is 386 Å². The molecule has 0 saturated heterocycles. The number of carbonyl (C=O) groups is 2. The molecular weight excluding hydrogens is 831 g/mol. The fourth-order valence-electron chi connectivity index (χ4n) is 10.6. The second-order valence-corrected chi connectivity index (χ2v) is 22.4. The quantitative estimate of drug-likeness (QED) is 0.0597. The van der Waals surface area contributed by atoms with Gasteiger partial charge in [-0.05, 0) is 25.7 Å².